The van der Waals surface area contributed by atoms with Gasteiger partial charge in [-0.1, -0.05) is 27.7 Å². The van der Waals surface area contributed by atoms with Gasteiger partial charge in [0, 0.05) is 25.0 Å². The summed E-state index contributed by atoms with van der Waals surface area (Å²) in [6.07, 6.45) is 6.63. The standard InChI is InChI=1S/C17H32N2O/c1-13(2)16(20)18-11-14-6-5-9-19(12-14)15-7-8-17(3,4)10-15/h13-15H,5-12H2,1-4H3,(H,18,20). The van der Waals surface area contributed by atoms with E-state index in [2.05, 4.69) is 24.1 Å². The van der Waals surface area contributed by atoms with Crippen LogP contribution in [0.15, 0.2) is 0 Å². The van der Waals surface area contributed by atoms with E-state index < -0.39 is 0 Å². The summed E-state index contributed by atoms with van der Waals surface area (Å²) in [6.45, 7) is 12.0. The minimum absolute atomic E-state index is 0.102. The smallest absolute Gasteiger partial charge is 0.222 e. The van der Waals surface area contributed by atoms with E-state index in [1.165, 1.54) is 45.2 Å². The summed E-state index contributed by atoms with van der Waals surface area (Å²) in [7, 11) is 0. The van der Waals surface area contributed by atoms with Gasteiger partial charge in [0.1, 0.15) is 0 Å². The molecule has 1 saturated heterocycles. The number of piperidine rings is 1. The predicted molar refractivity (Wildman–Crippen MR) is 83.6 cm³/mol. The van der Waals surface area contributed by atoms with Gasteiger partial charge in [0.2, 0.25) is 5.91 Å². The summed E-state index contributed by atoms with van der Waals surface area (Å²) < 4.78 is 0. The summed E-state index contributed by atoms with van der Waals surface area (Å²) in [6, 6.07) is 0.786. The van der Waals surface area contributed by atoms with Gasteiger partial charge in [-0.25, -0.2) is 0 Å². The summed E-state index contributed by atoms with van der Waals surface area (Å²) in [4.78, 5) is 14.4. The highest BCUT2D eigenvalue weighted by Gasteiger charge is 2.35. The average molecular weight is 280 g/mol. The molecule has 0 bridgehead atoms. The van der Waals surface area contributed by atoms with Crippen molar-refractivity contribution in [1.82, 2.24) is 10.2 Å². The summed E-state index contributed by atoms with van der Waals surface area (Å²) in [5, 5.41) is 3.11. The maximum atomic E-state index is 11.7. The van der Waals surface area contributed by atoms with E-state index in [0.717, 1.165) is 12.6 Å². The Morgan fingerprint density at radius 1 is 1.35 bits per heavy atom. The molecule has 2 fully saturated rings. The molecular formula is C17H32N2O. The fraction of sp³-hybridized carbons (Fsp3) is 0.941. The van der Waals surface area contributed by atoms with Crippen molar-refractivity contribution in [2.75, 3.05) is 19.6 Å². The van der Waals surface area contributed by atoms with Crippen molar-refractivity contribution in [3.8, 4) is 0 Å². The molecule has 2 rings (SSSR count). The normalized spacial score (nSPS) is 30.6. The predicted octanol–water partition coefficient (Wildman–Crippen LogP) is 3.05. The maximum Gasteiger partial charge on any atom is 0.222 e. The zero-order chi connectivity index (χ0) is 14.8. The molecule has 0 aromatic rings. The van der Waals surface area contributed by atoms with Gasteiger partial charge in [0.25, 0.3) is 0 Å². The van der Waals surface area contributed by atoms with Gasteiger partial charge in [-0.3, -0.25) is 4.79 Å². The third kappa shape index (κ3) is 4.21. The number of amides is 1. The second-order valence-electron chi connectivity index (χ2n) is 7.96. The Balaban J connectivity index is 1.79. The molecule has 2 atom stereocenters. The molecule has 1 N–H and O–H groups in total. The zero-order valence-electron chi connectivity index (χ0n) is 13.7. The minimum Gasteiger partial charge on any atom is -0.356 e. The molecule has 3 heteroatoms. The van der Waals surface area contributed by atoms with Gasteiger partial charge in [0.15, 0.2) is 0 Å². The molecular weight excluding hydrogens is 248 g/mol. The molecule has 0 spiro atoms. The number of carbonyl (C=O) groups is 1. The Labute approximate surface area is 124 Å². The van der Waals surface area contributed by atoms with Crippen molar-refractivity contribution >= 4 is 5.91 Å². The van der Waals surface area contributed by atoms with Crippen LogP contribution in [0.25, 0.3) is 0 Å². The van der Waals surface area contributed by atoms with Gasteiger partial charge in [0.05, 0.1) is 0 Å². The topological polar surface area (TPSA) is 32.3 Å². The number of rotatable bonds is 4. The summed E-state index contributed by atoms with van der Waals surface area (Å²) in [5.41, 5.74) is 0.531. The molecule has 3 nitrogen and oxygen atoms in total. The molecule has 0 aromatic carbocycles. The second-order valence-corrected chi connectivity index (χ2v) is 7.96. The number of nitrogens with zero attached hydrogens (tertiary/aromatic N) is 1. The molecule has 0 aromatic heterocycles. The van der Waals surface area contributed by atoms with E-state index in [9.17, 15) is 4.79 Å². The van der Waals surface area contributed by atoms with E-state index in [1.54, 1.807) is 0 Å². The van der Waals surface area contributed by atoms with Crippen LogP contribution in [-0.4, -0.2) is 36.5 Å². The third-order valence-electron chi connectivity index (χ3n) is 5.10. The summed E-state index contributed by atoms with van der Waals surface area (Å²) >= 11 is 0. The summed E-state index contributed by atoms with van der Waals surface area (Å²) in [5.74, 6) is 0.949. The Morgan fingerprint density at radius 3 is 2.70 bits per heavy atom. The molecule has 1 heterocycles. The van der Waals surface area contributed by atoms with Crippen LogP contribution in [-0.2, 0) is 4.79 Å². The highest BCUT2D eigenvalue weighted by molar-refractivity contribution is 5.77. The van der Waals surface area contributed by atoms with E-state index in [0.29, 0.717) is 11.3 Å². The second kappa shape index (κ2) is 6.46. The SMILES string of the molecule is CC(C)C(=O)NCC1CCCN(C2CCC(C)(C)C2)C1. The Morgan fingerprint density at radius 2 is 2.10 bits per heavy atom. The van der Waals surface area contributed by atoms with Crippen LogP contribution in [0.2, 0.25) is 0 Å². The van der Waals surface area contributed by atoms with Crippen LogP contribution in [0.3, 0.4) is 0 Å². The lowest BCUT2D eigenvalue weighted by atomic mass is 9.91. The molecule has 1 saturated carbocycles. The number of carbonyl (C=O) groups excluding carboxylic acids is 1. The average Bonchev–Trinajstić information content (AvgIpc) is 2.76. The van der Waals surface area contributed by atoms with Crippen molar-refractivity contribution in [3.63, 3.8) is 0 Å². The molecule has 2 aliphatic rings. The van der Waals surface area contributed by atoms with E-state index >= 15 is 0 Å². The van der Waals surface area contributed by atoms with Crippen molar-refractivity contribution in [3.05, 3.63) is 0 Å². The van der Waals surface area contributed by atoms with Crippen LogP contribution in [0.4, 0.5) is 0 Å². The lowest BCUT2D eigenvalue weighted by molar-refractivity contribution is -0.124. The van der Waals surface area contributed by atoms with E-state index in [4.69, 9.17) is 0 Å². The van der Waals surface area contributed by atoms with Crippen molar-refractivity contribution < 1.29 is 4.79 Å². The number of hydrogen-bond donors (Lipinski definition) is 1. The van der Waals surface area contributed by atoms with Crippen LogP contribution < -0.4 is 5.32 Å². The van der Waals surface area contributed by atoms with Gasteiger partial charge < -0.3 is 10.2 Å². The molecule has 1 amide bonds. The van der Waals surface area contributed by atoms with Crippen LogP contribution >= 0.6 is 0 Å². The third-order valence-corrected chi connectivity index (χ3v) is 5.10. The van der Waals surface area contributed by atoms with Crippen LogP contribution in [0, 0.1) is 17.3 Å². The first-order valence-corrected chi connectivity index (χ1v) is 8.39. The molecule has 2 unspecified atom stereocenters. The molecule has 116 valence electrons. The van der Waals surface area contributed by atoms with Crippen LogP contribution in [0.1, 0.15) is 59.8 Å². The Bertz CT molecular complexity index is 338. The van der Waals surface area contributed by atoms with Gasteiger partial charge in [-0.2, -0.15) is 0 Å². The Hall–Kier alpha value is -0.570. The first-order chi connectivity index (χ1) is 9.37. The molecule has 1 aliphatic heterocycles. The van der Waals surface area contributed by atoms with Gasteiger partial charge in [-0.15, -0.1) is 0 Å². The quantitative estimate of drug-likeness (QED) is 0.858. The van der Waals surface area contributed by atoms with Gasteiger partial charge >= 0.3 is 0 Å². The molecule has 1 aliphatic carbocycles. The maximum absolute atomic E-state index is 11.7. The first kappa shape index (κ1) is 15.8. The number of likely N-dealkylation sites (tertiary alicyclic amines) is 1. The molecule has 20 heavy (non-hydrogen) atoms. The first-order valence-electron chi connectivity index (χ1n) is 8.39. The highest BCUT2D eigenvalue weighted by Crippen LogP contribution is 2.40. The lowest BCUT2D eigenvalue weighted by Gasteiger charge is -2.37. The minimum atomic E-state index is 0.102. The van der Waals surface area contributed by atoms with Crippen molar-refractivity contribution in [2.45, 2.75) is 65.8 Å². The monoisotopic (exact) mass is 280 g/mol. The lowest BCUT2D eigenvalue weighted by Crippen LogP contribution is -2.45. The van der Waals surface area contributed by atoms with Crippen molar-refractivity contribution in [2.24, 2.45) is 17.3 Å². The fourth-order valence-electron chi connectivity index (χ4n) is 3.76. The van der Waals surface area contributed by atoms with E-state index in [1.807, 2.05) is 13.8 Å². The van der Waals surface area contributed by atoms with Gasteiger partial charge in [-0.05, 0) is 50.0 Å². The number of nitrogens with one attached hydrogen (secondary N) is 1. The Kier molecular flexibility index (Phi) is 5.11. The van der Waals surface area contributed by atoms with Crippen LogP contribution in [0.5, 0.6) is 0 Å². The van der Waals surface area contributed by atoms with E-state index in [-0.39, 0.29) is 11.8 Å². The zero-order valence-corrected chi connectivity index (χ0v) is 13.7. The highest BCUT2D eigenvalue weighted by atomic mass is 16.1. The van der Waals surface area contributed by atoms with Crippen molar-refractivity contribution in [1.29, 1.82) is 0 Å². The number of hydrogen-bond acceptors (Lipinski definition) is 2. The molecule has 0 radical (unpaired) electrons. The largest absolute Gasteiger partial charge is 0.356 e. The fourth-order valence-corrected chi connectivity index (χ4v) is 3.76.